The fraction of sp³-hybridized carbons (Fsp3) is 0.364. The number of aryl methyl sites for hydroxylation is 3. The van der Waals surface area contributed by atoms with Crippen molar-refractivity contribution in [2.75, 3.05) is 25.1 Å². The second kappa shape index (κ2) is 8.86. The van der Waals surface area contributed by atoms with Gasteiger partial charge in [-0.3, -0.25) is 4.79 Å². The van der Waals surface area contributed by atoms with Crippen LogP contribution in [0.4, 0.5) is 10.5 Å². The summed E-state index contributed by atoms with van der Waals surface area (Å²) in [6.07, 6.45) is 0. The molecule has 154 valence electrons. The number of carbonyl (C=O) groups is 2. The lowest BCUT2D eigenvalue weighted by Crippen LogP contribution is -2.41. The minimum Gasteiger partial charge on any atom is -0.486 e. The van der Waals surface area contributed by atoms with Crippen molar-refractivity contribution in [3.05, 3.63) is 52.6 Å². The molecule has 3 amide bonds. The van der Waals surface area contributed by atoms with Gasteiger partial charge in [0, 0.05) is 5.69 Å². The molecular formula is C22H27N3O4. The lowest BCUT2D eigenvalue weighted by atomic mass is 10.1. The molecule has 1 aliphatic rings. The molecule has 1 heterocycles. The van der Waals surface area contributed by atoms with Gasteiger partial charge in [-0.2, -0.15) is 0 Å². The minimum atomic E-state index is -0.417. The second-order valence-electron chi connectivity index (χ2n) is 7.27. The topological polar surface area (TPSA) is 88.7 Å². The number of carbonyl (C=O) groups excluding carboxylic acids is 2. The van der Waals surface area contributed by atoms with Gasteiger partial charge in [-0.15, -0.1) is 0 Å². The van der Waals surface area contributed by atoms with Crippen molar-refractivity contribution in [2.45, 2.75) is 33.7 Å². The molecule has 0 saturated heterocycles. The zero-order valence-electron chi connectivity index (χ0n) is 17.2. The van der Waals surface area contributed by atoms with Crippen LogP contribution in [0.1, 0.15) is 35.2 Å². The molecule has 2 aromatic carbocycles. The van der Waals surface area contributed by atoms with Crippen LogP contribution in [0.5, 0.6) is 11.5 Å². The summed E-state index contributed by atoms with van der Waals surface area (Å²) >= 11 is 0. The first-order valence-corrected chi connectivity index (χ1v) is 9.65. The second-order valence-corrected chi connectivity index (χ2v) is 7.27. The maximum absolute atomic E-state index is 12.2. The summed E-state index contributed by atoms with van der Waals surface area (Å²) in [6.45, 7) is 8.70. The Morgan fingerprint density at radius 1 is 1.00 bits per heavy atom. The molecule has 0 fully saturated rings. The van der Waals surface area contributed by atoms with E-state index in [2.05, 4.69) is 16.0 Å². The fourth-order valence-electron chi connectivity index (χ4n) is 3.38. The molecule has 2 aromatic rings. The summed E-state index contributed by atoms with van der Waals surface area (Å²) in [5.41, 5.74) is 4.80. The van der Waals surface area contributed by atoms with E-state index in [1.807, 2.05) is 58.0 Å². The van der Waals surface area contributed by atoms with Crippen LogP contribution in [0.25, 0.3) is 0 Å². The SMILES string of the molecule is Cc1cc(C)c(NC(=O)CNC(=O)N[C@H](C)c2ccc3c(c2)OCCO3)c(C)c1. The lowest BCUT2D eigenvalue weighted by molar-refractivity contribution is -0.115. The van der Waals surface area contributed by atoms with E-state index in [1.165, 1.54) is 0 Å². The maximum Gasteiger partial charge on any atom is 0.315 e. The summed E-state index contributed by atoms with van der Waals surface area (Å²) in [4.78, 5) is 24.4. The van der Waals surface area contributed by atoms with Gasteiger partial charge in [-0.25, -0.2) is 4.79 Å². The maximum atomic E-state index is 12.2. The molecular weight excluding hydrogens is 370 g/mol. The number of urea groups is 1. The minimum absolute atomic E-state index is 0.119. The molecule has 0 aromatic heterocycles. The van der Waals surface area contributed by atoms with Crippen molar-refractivity contribution in [2.24, 2.45) is 0 Å². The molecule has 0 spiro atoms. The highest BCUT2D eigenvalue weighted by Gasteiger charge is 2.16. The zero-order valence-corrected chi connectivity index (χ0v) is 17.2. The normalized spacial score (nSPS) is 13.4. The molecule has 1 aliphatic heterocycles. The Balaban J connectivity index is 1.51. The van der Waals surface area contributed by atoms with Crippen LogP contribution in [-0.4, -0.2) is 31.7 Å². The monoisotopic (exact) mass is 397 g/mol. The van der Waals surface area contributed by atoms with E-state index in [-0.39, 0.29) is 18.5 Å². The highest BCUT2D eigenvalue weighted by atomic mass is 16.6. The zero-order chi connectivity index (χ0) is 21.0. The van der Waals surface area contributed by atoms with Gasteiger partial charge in [0.05, 0.1) is 12.6 Å². The number of nitrogens with one attached hydrogen (secondary N) is 3. The first-order valence-electron chi connectivity index (χ1n) is 9.65. The largest absolute Gasteiger partial charge is 0.486 e. The standard InChI is InChI=1S/C22H27N3O4/c1-13-9-14(2)21(15(3)10-13)25-20(26)12-23-22(27)24-16(4)17-5-6-18-19(11-17)29-8-7-28-18/h5-6,9-11,16H,7-8,12H2,1-4H3,(H,25,26)(H2,23,24,27)/t16-/m1/s1. The van der Waals surface area contributed by atoms with Crippen molar-refractivity contribution in [3.8, 4) is 11.5 Å². The first kappa shape index (κ1) is 20.5. The molecule has 0 saturated carbocycles. The van der Waals surface area contributed by atoms with Gasteiger partial charge in [-0.1, -0.05) is 23.8 Å². The molecule has 7 nitrogen and oxygen atoms in total. The number of rotatable bonds is 5. The fourth-order valence-corrected chi connectivity index (χ4v) is 3.38. The van der Waals surface area contributed by atoms with Crippen LogP contribution in [0.3, 0.4) is 0 Å². The molecule has 0 aliphatic carbocycles. The Bertz CT molecular complexity index is 903. The smallest absolute Gasteiger partial charge is 0.315 e. The average Bonchev–Trinajstić information content (AvgIpc) is 2.68. The van der Waals surface area contributed by atoms with Crippen molar-refractivity contribution in [3.63, 3.8) is 0 Å². The third kappa shape index (κ3) is 5.19. The lowest BCUT2D eigenvalue weighted by Gasteiger charge is -2.21. The molecule has 7 heteroatoms. The van der Waals surface area contributed by atoms with E-state index < -0.39 is 6.03 Å². The number of anilines is 1. The molecule has 3 N–H and O–H groups in total. The summed E-state index contributed by atoms with van der Waals surface area (Å²) in [7, 11) is 0. The molecule has 29 heavy (non-hydrogen) atoms. The number of hydrogen-bond acceptors (Lipinski definition) is 4. The predicted molar refractivity (Wildman–Crippen MR) is 112 cm³/mol. The van der Waals surface area contributed by atoms with Gasteiger partial charge in [-0.05, 0) is 56.5 Å². The first-order chi connectivity index (χ1) is 13.8. The van der Waals surface area contributed by atoms with Crippen LogP contribution in [0.15, 0.2) is 30.3 Å². The Hall–Kier alpha value is -3.22. The van der Waals surface area contributed by atoms with Crippen LogP contribution in [0, 0.1) is 20.8 Å². The van der Waals surface area contributed by atoms with Gasteiger partial charge in [0.15, 0.2) is 11.5 Å². The molecule has 0 bridgehead atoms. The Morgan fingerprint density at radius 2 is 1.66 bits per heavy atom. The van der Waals surface area contributed by atoms with E-state index in [9.17, 15) is 9.59 Å². The summed E-state index contributed by atoms with van der Waals surface area (Å²) in [5.74, 6) is 1.10. The third-order valence-electron chi connectivity index (χ3n) is 4.76. The Kier molecular flexibility index (Phi) is 6.26. The molecule has 1 atom stereocenters. The number of amides is 3. The Morgan fingerprint density at radius 3 is 2.34 bits per heavy atom. The van der Waals surface area contributed by atoms with Crippen LogP contribution in [-0.2, 0) is 4.79 Å². The van der Waals surface area contributed by atoms with Gasteiger partial charge in [0.25, 0.3) is 0 Å². The number of fused-ring (bicyclic) bond motifs is 1. The predicted octanol–water partition coefficient (Wildman–Crippen LogP) is 3.38. The van der Waals surface area contributed by atoms with E-state index >= 15 is 0 Å². The van der Waals surface area contributed by atoms with Gasteiger partial charge < -0.3 is 25.4 Å². The van der Waals surface area contributed by atoms with Crippen LogP contribution >= 0.6 is 0 Å². The van der Waals surface area contributed by atoms with Crippen LogP contribution < -0.4 is 25.4 Å². The highest BCUT2D eigenvalue weighted by molar-refractivity contribution is 5.95. The van der Waals surface area contributed by atoms with E-state index in [4.69, 9.17) is 9.47 Å². The quantitative estimate of drug-likeness (QED) is 0.722. The van der Waals surface area contributed by atoms with Crippen molar-refractivity contribution in [1.29, 1.82) is 0 Å². The van der Waals surface area contributed by atoms with Crippen molar-refractivity contribution in [1.82, 2.24) is 10.6 Å². The Labute approximate surface area is 170 Å². The summed E-state index contributed by atoms with van der Waals surface area (Å²) in [6, 6.07) is 8.92. The summed E-state index contributed by atoms with van der Waals surface area (Å²) < 4.78 is 11.1. The summed E-state index contributed by atoms with van der Waals surface area (Å²) in [5, 5.41) is 8.29. The molecule has 3 rings (SSSR count). The van der Waals surface area contributed by atoms with E-state index in [1.54, 1.807) is 0 Å². The van der Waals surface area contributed by atoms with Gasteiger partial charge >= 0.3 is 6.03 Å². The number of hydrogen-bond donors (Lipinski definition) is 3. The van der Waals surface area contributed by atoms with Gasteiger partial charge in [0.2, 0.25) is 5.91 Å². The molecule has 0 unspecified atom stereocenters. The number of ether oxygens (including phenoxy) is 2. The third-order valence-corrected chi connectivity index (χ3v) is 4.76. The van der Waals surface area contributed by atoms with Gasteiger partial charge in [0.1, 0.15) is 13.2 Å². The van der Waals surface area contributed by atoms with E-state index in [0.717, 1.165) is 27.9 Å². The highest BCUT2D eigenvalue weighted by Crippen LogP contribution is 2.32. The molecule has 0 radical (unpaired) electrons. The van der Waals surface area contributed by atoms with Crippen molar-refractivity contribution < 1.29 is 19.1 Å². The van der Waals surface area contributed by atoms with Crippen molar-refractivity contribution >= 4 is 17.6 Å². The number of benzene rings is 2. The van der Waals surface area contributed by atoms with E-state index in [0.29, 0.717) is 24.7 Å². The van der Waals surface area contributed by atoms with Crippen LogP contribution in [0.2, 0.25) is 0 Å². The average molecular weight is 397 g/mol.